The van der Waals surface area contributed by atoms with Crippen molar-refractivity contribution in [3.05, 3.63) is 65.6 Å². The summed E-state index contributed by atoms with van der Waals surface area (Å²) in [5.41, 5.74) is 5.67. The van der Waals surface area contributed by atoms with E-state index in [2.05, 4.69) is 32.0 Å². The summed E-state index contributed by atoms with van der Waals surface area (Å²) in [7, 11) is 0. The zero-order chi connectivity index (χ0) is 16.6. The lowest BCUT2D eigenvalue weighted by molar-refractivity contribution is 0.658. The van der Waals surface area contributed by atoms with Gasteiger partial charge in [0.1, 0.15) is 6.04 Å². The van der Waals surface area contributed by atoms with Crippen molar-refractivity contribution < 1.29 is 0 Å². The van der Waals surface area contributed by atoms with Crippen LogP contribution in [0.15, 0.2) is 81.1 Å². The molecule has 7 nitrogen and oxygen atoms in total. The van der Waals surface area contributed by atoms with E-state index >= 15 is 0 Å². The molecule has 0 bridgehead atoms. The third kappa shape index (κ3) is 2.60. The summed E-state index contributed by atoms with van der Waals surface area (Å²) in [4.78, 5) is 1.07. The normalized spacial score (nSPS) is 21.2. The maximum absolute atomic E-state index is 4.70. The van der Waals surface area contributed by atoms with Crippen LogP contribution in [0.3, 0.4) is 0 Å². The number of fused-ring (bicyclic) bond motifs is 2. The van der Waals surface area contributed by atoms with Crippen LogP contribution in [-0.2, 0) is 0 Å². The minimum atomic E-state index is 0.0855. The van der Waals surface area contributed by atoms with Gasteiger partial charge in [0.25, 0.3) is 0 Å². The van der Waals surface area contributed by atoms with Gasteiger partial charge in [0.2, 0.25) is 5.16 Å². The smallest absolute Gasteiger partial charge is 0.217 e. The monoisotopic (exact) mass is 347 g/mol. The highest BCUT2D eigenvalue weighted by Gasteiger charge is 2.25. The van der Waals surface area contributed by atoms with Crippen molar-refractivity contribution >= 4 is 17.4 Å². The Kier molecular flexibility index (Phi) is 3.34. The standard InChI is InChI=1S/C17H13N7S/c1-2-4-11(5-3-1)13-8-9-16-20-21-17(24(16)22-13)25-12-6-7-14-15(10-12)19-23-18-14/h1-10,14-15H,(H,18,19). The molecule has 0 saturated heterocycles. The number of aromatic nitrogens is 4. The number of nitrogens with one attached hydrogen (secondary N) is 1. The third-order valence-corrected chi connectivity index (χ3v) is 5.03. The third-order valence-electron chi connectivity index (χ3n) is 4.08. The average molecular weight is 347 g/mol. The molecule has 122 valence electrons. The quantitative estimate of drug-likeness (QED) is 0.788. The number of allylic oxidation sites excluding steroid dienone is 1. The van der Waals surface area contributed by atoms with Gasteiger partial charge in [0.15, 0.2) is 5.65 Å². The van der Waals surface area contributed by atoms with Gasteiger partial charge in [0, 0.05) is 10.5 Å². The van der Waals surface area contributed by atoms with Crippen LogP contribution < -0.4 is 5.43 Å². The molecule has 1 aromatic carbocycles. The molecule has 1 aliphatic heterocycles. The SMILES string of the molecule is C1=CC2N=NNC2C=C1Sc1nnc2ccc(-c3ccccc3)nn12. The van der Waals surface area contributed by atoms with Crippen molar-refractivity contribution in [1.82, 2.24) is 25.2 Å². The highest BCUT2D eigenvalue weighted by atomic mass is 32.2. The van der Waals surface area contributed by atoms with Gasteiger partial charge < -0.3 is 0 Å². The van der Waals surface area contributed by atoms with Crippen molar-refractivity contribution in [1.29, 1.82) is 0 Å². The average Bonchev–Trinajstić information content (AvgIpc) is 3.29. The van der Waals surface area contributed by atoms with Crippen LogP contribution in [0, 0.1) is 0 Å². The fourth-order valence-corrected chi connectivity index (χ4v) is 3.68. The lowest BCUT2D eigenvalue weighted by atomic mass is 10.1. The van der Waals surface area contributed by atoms with Gasteiger partial charge in [-0.1, -0.05) is 47.7 Å². The number of nitrogens with zero attached hydrogens (tertiary/aromatic N) is 6. The van der Waals surface area contributed by atoms with E-state index in [-0.39, 0.29) is 12.1 Å². The van der Waals surface area contributed by atoms with Crippen LogP contribution in [0.2, 0.25) is 0 Å². The Balaban J connectivity index is 1.49. The van der Waals surface area contributed by atoms with Gasteiger partial charge in [-0.25, -0.2) is 0 Å². The number of benzene rings is 1. The van der Waals surface area contributed by atoms with Crippen LogP contribution >= 0.6 is 11.8 Å². The molecule has 0 fully saturated rings. The largest absolute Gasteiger partial charge is 0.282 e. The lowest BCUT2D eigenvalue weighted by Crippen LogP contribution is -2.28. The molecule has 3 heterocycles. The maximum atomic E-state index is 4.70. The summed E-state index contributed by atoms with van der Waals surface area (Å²) in [5, 5.41) is 21.9. The number of rotatable bonds is 3. The zero-order valence-corrected chi connectivity index (χ0v) is 13.8. The Bertz CT molecular complexity index is 1020. The molecule has 1 N–H and O–H groups in total. The van der Waals surface area contributed by atoms with Crippen LogP contribution in [0.4, 0.5) is 0 Å². The van der Waals surface area contributed by atoms with Gasteiger partial charge in [0.05, 0.1) is 11.7 Å². The molecule has 0 radical (unpaired) electrons. The Morgan fingerprint density at radius 2 is 1.96 bits per heavy atom. The van der Waals surface area contributed by atoms with E-state index in [4.69, 9.17) is 5.10 Å². The Morgan fingerprint density at radius 1 is 1.04 bits per heavy atom. The van der Waals surface area contributed by atoms with Crippen LogP contribution in [0.5, 0.6) is 0 Å². The summed E-state index contributed by atoms with van der Waals surface area (Å²) in [6.45, 7) is 0. The molecular formula is C17H13N7S. The minimum Gasteiger partial charge on any atom is -0.282 e. The summed E-state index contributed by atoms with van der Waals surface area (Å²) in [6.07, 6.45) is 6.19. The molecular weight excluding hydrogens is 334 g/mol. The molecule has 5 rings (SSSR count). The second kappa shape index (κ2) is 5.82. The Hall–Kier alpha value is -3.00. The van der Waals surface area contributed by atoms with E-state index in [1.165, 1.54) is 11.8 Å². The minimum absolute atomic E-state index is 0.0855. The summed E-state index contributed by atoms with van der Waals surface area (Å²) in [5.74, 6) is 0. The second-order valence-electron chi connectivity index (χ2n) is 5.73. The Labute approximate surface area is 147 Å². The lowest BCUT2D eigenvalue weighted by Gasteiger charge is -2.14. The molecule has 2 unspecified atom stereocenters. The Morgan fingerprint density at radius 3 is 2.88 bits per heavy atom. The second-order valence-corrected chi connectivity index (χ2v) is 6.77. The maximum Gasteiger partial charge on any atom is 0.217 e. The van der Waals surface area contributed by atoms with Gasteiger partial charge in [-0.05, 0) is 30.0 Å². The molecule has 0 spiro atoms. The first kappa shape index (κ1) is 14.4. The van der Waals surface area contributed by atoms with Gasteiger partial charge in [-0.15, -0.1) is 10.2 Å². The van der Waals surface area contributed by atoms with E-state index in [0.29, 0.717) is 0 Å². The first-order chi connectivity index (χ1) is 12.4. The van der Waals surface area contributed by atoms with Crippen LogP contribution in [-0.4, -0.2) is 31.9 Å². The van der Waals surface area contributed by atoms with E-state index in [0.717, 1.165) is 27.0 Å². The fraction of sp³-hybridized carbons (Fsp3) is 0.118. The molecule has 2 atom stereocenters. The molecule has 2 aliphatic rings. The first-order valence-electron chi connectivity index (χ1n) is 7.88. The van der Waals surface area contributed by atoms with Crippen LogP contribution in [0.25, 0.3) is 16.9 Å². The van der Waals surface area contributed by atoms with E-state index in [1.807, 2.05) is 54.6 Å². The summed E-state index contributed by atoms with van der Waals surface area (Å²) in [6, 6.07) is 14.2. The van der Waals surface area contributed by atoms with Crippen LogP contribution in [0.1, 0.15) is 0 Å². The zero-order valence-electron chi connectivity index (χ0n) is 13.0. The van der Waals surface area contributed by atoms with Crippen molar-refractivity contribution in [2.45, 2.75) is 17.2 Å². The van der Waals surface area contributed by atoms with E-state index < -0.39 is 0 Å². The molecule has 0 amide bonds. The van der Waals surface area contributed by atoms with Gasteiger partial charge in [-0.2, -0.15) is 14.7 Å². The highest BCUT2D eigenvalue weighted by molar-refractivity contribution is 8.03. The van der Waals surface area contributed by atoms with Crippen molar-refractivity contribution in [2.24, 2.45) is 10.3 Å². The van der Waals surface area contributed by atoms with Gasteiger partial charge >= 0.3 is 0 Å². The number of thioether (sulfide) groups is 1. The molecule has 2 aromatic heterocycles. The molecule has 1 aliphatic carbocycles. The van der Waals surface area contributed by atoms with E-state index in [1.54, 1.807) is 4.52 Å². The topological polar surface area (TPSA) is 79.8 Å². The molecule has 25 heavy (non-hydrogen) atoms. The van der Waals surface area contributed by atoms with Crippen molar-refractivity contribution in [3.63, 3.8) is 0 Å². The molecule has 8 heteroatoms. The first-order valence-corrected chi connectivity index (χ1v) is 8.70. The highest BCUT2D eigenvalue weighted by Crippen LogP contribution is 2.31. The molecule has 3 aromatic rings. The number of hydrogen-bond acceptors (Lipinski definition) is 7. The predicted octanol–water partition coefficient (Wildman–Crippen LogP) is 3.04. The van der Waals surface area contributed by atoms with Gasteiger partial charge in [-0.3, -0.25) is 5.43 Å². The summed E-state index contributed by atoms with van der Waals surface area (Å²) >= 11 is 1.53. The van der Waals surface area contributed by atoms with E-state index in [9.17, 15) is 0 Å². The van der Waals surface area contributed by atoms with Crippen molar-refractivity contribution in [2.75, 3.05) is 0 Å². The fourth-order valence-electron chi connectivity index (χ4n) is 2.80. The number of hydrogen-bond donors (Lipinski definition) is 1. The molecule has 0 saturated carbocycles. The van der Waals surface area contributed by atoms with Crippen molar-refractivity contribution in [3.8, 4) is 11.3 Å². The predicted molar refractivity (Wildman–Crippen MR) is 94.9 cm³/mol. The summed E-state index contributed by atoms with van der Waals surface area (Å²) < 4.78 is 1.78.